The second-order valence-electron chi connectivity index (χ2n) is 5.82. The third kappa shape index (κ3) is 5.04. The van der Waals surface area contributed by atoms with Crippen molar-refractivity contribution in [3.63, 3.8) is 0 Å². The van der Waals surface area contributed by atoms with E-state index in [1.165, 1.54) is 6.26 Å². The maximum atomic E-state index is 11.2. The number of nitrogens with one attached hydrogen (secondary N) is 1. The van der Waals surface area contributed by atoms with E-state index in [0.717, 1.165) is 5.56 Å². The molecule has 0 saturated heterocycles. The average molecular weight is 270 g/mol. The number of aromatic nitrogens is 1. The maximum Gasteiger partial charge on any atom is 0.149 e. The van der Waals surface area contributed by atoms with Gasteiger partial charge in [-0.25, -0.2) is 13.4 Å². The molecule has 0 amide bonds. The molecular formula is C13H22N2O2S. The Hall–Kier alpha value is -1.10. The van der Waals surface area contributed by atoms with Crippen LogP contribution in [0.5, 0.6) is 0 Å². The van der Waals surface area contributed by atoms with Gasteiger partial charge in [-0.1, -0.05) is 26.8 Å². The Bertz CT molecular complexity index is 487. The molecule has 1 N–H and O–H groups in total. The van der Waals surface area contributed by atoms with Crippen molar-refractivity contribution in [1.82, 2.24) is 4.98 Å². The standard InChI is InChI=1S/C13H22N2O2S/c1-10(9-18(5,16)17)15-12-7-6-11(8-14-12)13(2,3)4/h6-8,10H,9H2,1-5H3,(H,14,15). The highest BCUT2D eigenvalue weighted by molar-refractivity contribution is 7.90. The summed E-state index contributed by atoms with van der Waals surface area (Å²) in [6, 6.07) is 3.76. The van der Waals surface area contributed by atoms with Crippen LogP contribution in [-0.2, 0) is 15.3 Å². The van der Waals surface area contributed by atoms with E-state index in [1.807, 2.05) is 25.3 Å². The highest BCUT2D eigenvalue weighted by Gasteiger charge is 2.14. The number of hydrogen-bond acceptors (Lipinski definition) is 4. The van der Waals surface area contributed by atoms with Crippen LogP contribution in [-0.4, -0.2) is 31.5 Å². The van der Waals surface area contributed by atoms with E-state index in [2.05, 4.69) is 31.1 Å². The molecule has 1 unspecified atom stereocenters. The van der Waals surface area contributed by atoms with E-state index >= 15 is 0 Å². The molecule has 18 heavy (non-hydrogen) atoms. The number of pyridine rings is 1. The van der Waals surface area contributed by atoms with Gasteiger partial charge < -0.3 is 5.32 Å². The van der Waals surface area contributed by atoms with E-state index in [0.29, 0.717) is 5.82 Å². The lowest BCUT2D eigenvalue weighted by Gasteiger charge is -2.19. The van der Waals surface area contributed by atoms with Crippen LogP contribution in [0.2, 0.25) is 0 Å². The predicted octanol–water partition coefficient (Wildman–Crippen LogP) is 2.22. The number of hydrogen-bond donors (Lipinski definition) is 1. The summed E-state index contributed by atoms with van der Waals surface area (Å²) in [4.78, 5) is 4.31. The summed E-state index contributed by atoms with van der Waals surface area (Å²) in [6.07, 6.45) is 3.07. The smallest absolute Gasteiger partial charge is 0.149 e. The minimum absolute atomic E-state index is 0.0733. The minimum Gasteiger partial charge on any atom is -0.367 e. The van der Waals surface area contributed by atoms with E-state index in [4.69, 9.17) is 0 Å². The predicted molar refractivity (Wildman–Crippen MR) is 75.7 cm³/mol. The second kappa shape index (κ2) is 5.26. The Kier molecular flexibility index (Phi) is 4.37. The van der Waals surface area contributed by atoms with Gasteiger partial charge in [0.1, 0.15) is 15.7 Å². The zero-order valence-electron chi connectivity index (χ0n) is 11.7. The van der Waals surface area contributed by atoms with E-state index in [9.17, 15) is 8.42 Å². The lowest BCUT2D eigenvalue weighted by Crippen LogP contribution is -2.25. The van der Waals surface area contributed by atoms with Gasteiger partial charge >= 0.3 is 0 Å². The van der Waals surface area contributed by atoms with Crippen LogP contribution in [0.1, 0.15) is 33.3 Å². The Balaban J connectivity index is 2.70. The van der Waals surface area contributed by atoms with Crippen LogP contribution in [0.3, 0.4) is 0 Å². The third-order valence-electron chi connectivity index (χ3n) is 2.58. The van der Waals surface area contributed by atoms with Crippen molar-refractivity contribution in [1.29, 1.82) is 0 Å². The molecule has 0 aliphatic carbocycles. The van der Waals surface area contributed by atoms with Crippen molar-refractivity contribution in [2.75, 3.05) is 17.3 Å². The topological polar surface area (TPSA) is 59.1 Å². The van der Waals surface area contributed by atoms with Crippen LogP contribution in [0.4, 0.5) is 5.82 Å². The van der Waals surface area contributed by atoms with Crippen molar-refractivity contribution in [2.24, 2.45) is 0 Å². The van der Waals surface area contributed by atoms with E-state index < -0.39 is 9.84 Å². The van der Waals surface area contributed by atoms with Crippen molar-refractivity contribution >= 4 is 15.7 Å². The van der Waals surface area contributed by atoms with Crippen molar-refractivity contribution in [3.8, 4) is 0 Å². The first-order valence-electron chi connectivity index (χ1n) is 5.99. The molecule has 102 valence electrons. The van der Waals surface area contributed by atoms with E-state index in [1.54, 1.807) is 0 Å². The Morgan fingerprint density at radius 3 is 2.33 bits per heavy atom. The zero-order chi connectivity index (χ0) is 14.0. The first kappa shape index (κ1) is 15.0. The summed E-state index contributed by atoms with van der Waals surface area (Å²) in [5.74, 6) is 0.814. The number of sulfone groups is 1. The van der Waals surface area contributed by atoms with Crippen LogP contribution >= 0.6 is 0 Å². The highest BCUT2D eigenvalue weighted by atomic mass is 32.2. The number of nitrogens with zero attached hydrogens (tertiary/aromatic N) is 1. The van der Waals surface area contributed by atoms with Gasteiger partial charge in [-0.15, -0.1) is 0 Å². The Morgan fingerprint density at radius 1 is 1.33 bits per heavy atom. The van der Waals surface area contributed by atoms with Gasteiger partial charge in [-0.2, -0.15) is 0 Å². The van der Waals surface area contributed by atoms with Gasteiger partial charge in [0.2, 0.25) is 0 Å². The Morgan fingerprint density at radius 2 is 1.94 bits per heavy atom. The van der Waals surface area contributed by atoms with Crippen LogP contribution in [0.25, 0.3) is 0 Å². The maximum absolute atomic E-state index is 11.2. The van der Waals surface area contributed by atoms with Crippen molar-refractivity contribution in [3.05, 3.63) is 23.9 Å². The fourth-order valence-corrected chi connectivity index (χ4v) is 2.66. The summed E-state index contributed by atoms with van der Waals surface area (Å²) in [6.45, 7) is 8.22. The minimum atomic E-state index is -2.97. The zero-order valence-corrected chi connectivity index (χ0v) is 12.5. The Labute approximate surface area is 110 Å². The first-order valence-corrected chi connectivity index (χ1v) is 8.05. The summed E-state index contributed by atoms with van der Waals surface area (Å²) >= 11 is 0. The van der Waals surface area contributed by atoms with E-state index in [-0.39, 0.29) is 17.2 Å². The molecule has 0 aliphatic rings. The molecule has 0 bridgehead atoms. The highest BCUT2D eigenvalue weighted by Crippen LogP contribution is 2.22. The van der Waals surface area contributed by atoms with Gasteiger partial charge in [0.25, 0.3) is 0 Å². The molecule has 0 aromatic carbocycles. The monoisotopic (exact) mass is 270 g/mol. The molecule has 0 aliphatic heterocycles. The quantitative estimate of drug-likeness (QED) is 0.911. The van der Waals surface area contributed by atoms with Crippen LogP contribution in [0.15, 0.2) is 18.3 Å². The van der Waals surface area contributed by atoms with Gasteiger partial charge in [0.05, 0.1) is 5.75 Å². The first-order chi connectivity index (χ1) is 8.08. The molecule has 0 spiro atoms. The fourth-order valence-electron chi connectivity index (χ4n) is 1.67. The van der Waals surface area contributed by atoms with Crippen LogP contribution in [0, 0.1) is 0 Å². The van der Waals surface area contributed by atoms with Crippen molar-refractivity contribution < 1.29 is 8.42 Å². The van der Waals surface area contributed by atoms with Gasteiger partial charge in [-0.05, 0) is 24.0 Å². The fraction of sp³-hybridized carbons (Fsp3) is 0.615. The molecule has 1 aromatic heterocycles. The lowest BCUT2D eigenvalue weighted by molar-refractivity contribution is 0.587. The largest absolute Gasteiger partial charge is 0.367 e. The molecule has 1 aromatic rings. The number of anilines is 1. The molecule has 1 heterocycles. The molecule has 0 radical (unpaired) electrons. The molecule has 1 atom stereocenters. The van der Waals surface area contributed by atoms with Crippen LogP contribution < -0.4 is 5.32 Å². The molecule has 0 fully saturated rings. The van der Waals surface area contributed by atoms with Gasteiger partial charge in [0, 0.05) is 18.5 Å². The summed E-state index contributed by atoms with van der Waals surface area (Å²) in [5.41, 5.74) is 1.23. The molecule has 5 heteroatoms. The second-order valence-corrected chi connectivity index (χ2v) is 8.00. The lowest BCUT2D eigenvalue weighted by atomic mass is 9.88. The summed E-state index contributed by atoms with van der Waals surface area (Å²) < 4.78 is 22.3. The number of rotatable bonds is 4. The molecular weight excluding hydrogens is 248 g/mol. The molecule has 0 saturated carbocycles. The van der Waals surface area contributed by atoms with Gasteiger partial charge in [-0.3, -0.25) is 0 Å². The average Bonchev–Trinajstić information content (AvgIpc) is 2.13. The molecule has 4 nitrogen and oxygen atoms in total. The SMILES string of the molecule is CC(CS(C)(=O)=O)Nc1ccc(C(C)(C)C)cn1. The van der Waals surface area contributed by atoms with Gasteiger partial charge in [0.15, 0.2) is 0 Å². The van der Waals surface area contributed by atoms with Crippen molar-refractivity contribution in [2.45, 2.75) is 39.2 Å². The molecule has 1 rings (SSSR count). The summed E-state index contributed by atoms with van der Waals surface area (Å²) in [7, 11) is -2.97. The summed E-state index contributed by atoms with van der Waals surface area (Å²) in [5, 5.41) is 3.09. The third-order valence-corrected chi connectivity index (χ3v) is 3.68. The normalized spacial score (nSPS) is 14.3.